The van der Waals surface area contributed by atoms with Crippen LogP contribution in [0.4, 0.5) is 0 Å². The Hall–Kier alpha value is -1.36. The molecule has 1 aromatic heterocycles. The van der Waals surface area contributed by atoms with Gasteiger partial charge in [0.2, 0.25) is 5.91 Å². The zero-order chi connectivity index (χ0) is 12.5. The molecular formula is C12H22N4O. The molecule has 1 rings (SSSR count). The molecule has 0 aliphatic carbocycles. The van der Waals surface area contributed by atoms with E-state index in [9.17, 15) is 4.79 Å². The summed E-state index contributed by atoms with van der Waals surface area (Å²) in [4.78, 5) is 15.4. The third-order valence-corrected chi connectivity index (χ3v) is 2.74. The summed E-state index contributed by atoms with van der Waals surface area (Å²) in [6.45, 7) is 4.31. The highest BCUT2D eigenvalue weighted by molar-refractivity contribution is 5.75. The van der Waals surface area contributed by atoms with Gasteiger partial charge in [0, 0.05) is 31.9 Å². The van der Waals surface area contributed by atoms with Crippen molar-refractivity contribution in [3.63, 3.8) is 0 Å². The average molecular weight is 238 g/mol. The van der Waals surface area contributed by atoms with Crippen molar-refractivity contribution in [1.82, 2.24) is 14.9 Å². The van der Waals surface area contributed by atoms with Crippen LogP contribution in [0.15, 0.2) is 18.7 Å². The highest BCUT2D eigenvalue weighted by Gasteiger charge is 2.04. The van der Waals surface area contributed by atoms with Crippen LogP contribution in [-0.4, -0.2) is 28.5 Å². The lowest BCUT2D eigenvalue weighted by Gasteiger charge is -2.08. The lowest BCUT2D eigenvalue weighted by molar-refractivity contribution is -0.121. The number of aromatic nitrogens is 2. The molecule has 17 heavy (non-hydrogen) atoms. The lowest BCUT2D eigenvalue weighted by atomic mass is 10.1. The van der Waals surface area contributed by atoms with Gasteiger partial charge in [0.05, 0.1) is 6.33 Å². The Labute approximate surface area is 102 Å². The Morgan fingerprint density at radius 2 is 2.41 bits per heavy atom. The number of amides is 1. The van der Waals surface area contributed by atoms with Gasteiger partial charge in [0.1, 0.15) is 0 Å². The molecule has 1 unspecified atom stereocenters. The topological polar surface area (TPSA) is 72.9 Å². The van der Waals surface area contributed by atoms with Crippen molar-refractivity contribution >= 4 is 5.91 Å². The zero-order valence-electron chi connectivity index (χ0n) is 10.4. The molecule has 0 radical (unpaired) electrons. The van der Waals surface area contributed by atoms with Crippen molar-refractivity contribution in [2.75, 3.05) is 13.1 Å². The second-order valence-electron chi connectivity index (χ2n) is 4.38. The molecule has 0 aromatic carbocycles. The van der Waals surface area contributed by atoms with Crippen molar-refractivity contribution in [2.45, 2.75) is 32.7 Å². The zero-order valence-corrected chi connectivity index (χ0v) is 10.4. The van der Waals surface area contributed by atoms with Crippen LogP contribution >= 0.6 is 0 Å². The summed E-state index contributed by atoms with van der Waals surface area (Å²) in [5, 5.41) is 2.91. The van der Waals surface area contributed by atoms with Gasteiger partial charge in [-0.2, -0.15) is 0 Å². The quantitative estimate of drug-likeness (QED) is 0.657. The Bertz CT molecular complexity index is 310. The Kier molecular flexibility index (Phi) is 6.32. The number of nitrogens with two attached hydrogens (primary N) is 1. The van der Waals surface area contributed by atoms with Crippen molar-refractivity contribution in [3.8, 4) is 0 Å². The molecule has 0 saturated carbocycles. The first-order chi connectivity index (χ1) is 8.22. The third kappa shape index (κ3) is 6.06. The van der Waals surface area contributed by atoms with Crippen LogP contribution in [0.5, 0.6) is 0 Å². The fraction of sp³-hybridized carbons (Fsp3) is 0.667. The van der Waals surface area contributed by atoms with E-state index in [4.69, 9.17) is 5.73 Å². The Balaban J connectivity index is 2.00. The number of nitrogens with one attached hydrogen (secondary N) is 1. The normalized spacial score (nSPS) is 12.4. The van der Waals surface area contributed by atoms with Crippen LogP contribution in [0, 0.1) is 5.92 Å². The first kappa shape index (κ1) is 13.7. The number of carbonyl (C=O) groups excluding carboxylic acids is 1. The van der Waals surface area contributed by atoms with Crippen molar-refractivity contribution in [3.05, 3.63) is 18.7 Å². The first-order valence-corrected chi connectivity index (χ1v) is 6.15. The summed E-state index contributed by atoms with van der Waals surface area (Å²) >= 11 is 0. The van der Waals surface area contributed by atoms with E-state index in [2.05, 4.69) is 17.2 Å². The lowest BCUT2D eigenvalue weighted by Crippen LogP contribution is -2.26. The molecule has 1 atom stereocenters. The summed E-state index contributed by atoms with van der Waals surface area (Å²) in [6.07, 6.45) is 7.82. The first-order valence-electron chi connectivity index (χ1n) is 6.15. The van der Waals surface area contributed by atoms with Gasteiger partial charge >= 0.3 is 0 Å². The molecule has 0 bridgehead atoms. The predicted octanol–water partition coefficient (Wildman–Crippen LogP) is 0.764. The maximum absolute atomic E-state index is 11.5. The minimum absolute atomic E-state index is 0.121. The summed E-state index contributed by atoms with van der Waals surface area (Å²) in [5.41, 5.74) is 5.49. The number of imidazole rings is 1. The molecule has 0 saturated heterocycles. The van der Waals surface area contributed by atoms with Crippen LogP contribution in [0.3, 0.4) is 0 Å². The highest BCUT2D eigenvalue weighted by Crippen LogP contribution is 2.02. The summed E-state index contributed by atoms with van der Waals surface area (Å²) in [5.74, 6) is 0.544. The fourth-order valence-corrected chi connectivity index (χ4v) is 1.49. The van der Waals surface area contributed by atoms with Gasteiger partial charge in [-0.15, -0.1) is 0 Å². The van der Waals surface area contributed by atoms with Gasteiger partial charge in [0.25, 0.3) is 0 Å². The maximum Gasteiger partial charge on any atom is 0.220 e. The average Bonchev–Trinajstić information content (AvgIpc) is 2.84. The number of hydrogen-bond donors (Lipinski definition) is 2. The van der Waals surface area contributed by atoms with Crippen molar-refractivity contribution in [1.29, 1.82) is 0 Å². The summed E-state index contributed by atoms with van der Waals surface area (Å²) in [6, 6.07) is 0. The van der Waals surface area contributed by atoms with Gasteiger partial charge < -0.3 is 15.6 Å². The molecule has 1 heterocycles. The number of carbonyl (C=O) groups is 1. The van der Waals surface area contributed by atoms with E-state index in [0.717, 1.165) is 19.4 Å². The molecule has 0 aliphatic heterocycles. The largest absolute Gasteiger partial charge is 0.356 e. The molecule has 1 amide bonds. The molecule has 5 nitrogen and oxygen atoms in total. The molecule has 0 aliphatic rings. The van der Waals surface area contributed by atoms with Gasteiger partial charge in [0.15, 0.2) is 0 Å². The number of rotatable bonds is 8. The Morgan fingerprint density at radius 3 is 3.06 bits per heavy atom. The molecule has 0 fully saturated rings. The van der Waals surface area contributed by atoms with Crippen molar-refractivity contribution in [2.24, 2.45) is 11.7 Å². The van der Waals surface area contributed by atoms with Crippen LogP contribution in [-0.2, 0) is 11.3 Å². The number of aryl methyl sites for hydroxylation is 1. The molecule has 5 heteroatoms. The molecule has 3 N–H and O–H groups in total. The van der Waals surface area contributed by atoms with Gasteiger partial charge in [-0.25, -0.2) is 4.98 Å². The minimum atomic E-state index is 0.121. The van der Waals surface area contributed by atoms with E-state index < -0.39 is 0 Å². The van der Waals surface area contributed by atoms with E-state index >= 15 is 0 Å². The minimum Gasteiger partial charge on any atom is -0.356 e. The van der Waals surface area contributed by atoms with Gasteiger partial charge in [-0.1, -0.05) is 6.92 Å². The monoisotopic (exact) mass is 238 g/mol. The van der Waals surface area contributed by atoms with E-state index in [1.165, 1.54) is 0 Å². The maximum atomic E-state index is 11.5. The van der Waals surface area contributed by atoms with Crippen LogP contribution in [0.25, 0.3) is 0 Å². The van der Waals surface area contributed by atoms with Crippen LogP contribution in [0.2, 0.25) is 0 Å². The molecule has 0 spiro atoms. The van der Waals surface area contributed by atoms with Crippen molar-refractivity contribution < 1.29 is 4.79 Å². The second-order valence-corrected chi connectivity index (χ2v) is 4.38. The molecular weight excluding hydrogens is 216 g/mol. The predicted molar refractivity (Wildman–Crippen MR) is 67.3 cm³/mol. The third-order valence-electron chi connectivity index (χ3n) is 2.74. The SMILES string of the molecule is CC(CN)CCC(=O)NCCCn1ccnc1. The second kappa shape index (κ2) is 7.84. The molecule has 1 aromatic rings. The number of nitrogens with zero attached hydrogens (tertiary/aromatic N) is 2. The van der Waals surface area contributed by atoms with E-state index in [0.29, 0.717) is 25.4 Å². The van der Waals surface area contributed by atoms with E-state index in [1.807, 2.05) is 10.8 Å². The van der Waals surface area contributed by atoms with Crippen LogP contribution in [0.1, 0.15) is 26.2 Å². The van der Waals surface area contributed by atoms with E-state index in [1.54, 1.807) is 12.5 Å². The smallest absolute Gasteiger partial charge is 0.220 e. The number of hydrogen-bond acceptors (Lipinski definition) is 3. The fourth-order valence-electron chi connectivity index (χ4n) is 1.49. The summed E-state index contributed by atoms with van der Waals surface area (Å²) < 4.78 is 2.00. The van der Waals surface area contributed by atoms with Gasteiger partial charge in [-0.05, 0) is 25.3 Å². The standard InChI is InChI=1S/C12H22N4O/c1-11(9-13)3-4-12(17)15-5-2-7-16-8-6-14-10-16/h6,8,10-11H,2-5,7,9,13H2,1H3,(H,15,17). The van der Waals surface area contributed by atoms with Gasteiger partial charge in [-0.3, -0.25) is 4.79 Å². The molecule has 96 valence electrons. The Morgan fingerprint density at radius 1 is 1.59 bits per heavy atom. The van der Waals surface area contributed by atoms with Crippen LogP contribution < -0.4 is 11.1 Å². The summed E-state index contributed by atoms with van der Waals surface area (Å²) in [7, 11) is 0. The highest BCUT2D eigenvalue weighted by atomic mass is 16.1. The van der Waals surface area contributed by atoms with E-state index in [-0.39, 0.29) is 5.91 Å².